The molecule has 0 bridgehead atoms. The number of carbonyl (C=O) groups excluding carboxylic acids is 1. The van der Waals surface area contributed by atoms with Gasteiger partial charge in [0.15, 0.2) is 14.8 Å². The summed E-state index contributed by atoms with van der Waals surface area (Å²) in [6.45, 7) is 0. The summed E-state index contributed by atoms with van der Waals surface area (Å²) in [5.41, 5.74) is 1.07. The summed E-state index contributed by atoms with van der Waals surface area (Å²) < 4.78 is 57.2. The molecule has 40 heavy (non-hydrogen) atoms. The average molecular weight is 585 g/mol. The lowest BCUT2D eigenvalue weighted by Gasteiger charge is -2.15. The SMILES string of the molecule is COc1cnc(C(F)F)cc1-c1cc(-c2ccn(CS(C)(=O)=O)n2)ccc1C(=O)Nc1nnc(C#CC2CC2)s1. The second-order valence-electron chi connectivity index (χ2n) is 9.08. The number of alkyl halides is 2. The molecule has 1 aliphatic carbocycles. The molecule has 0 spiro atoms. The van der Waals surface area contributed by atoms with Crippen LogP contribution in [0.15, 0.2) is 42.7 Å². The van der Waals surface area contributed by atoms with Gasteiger partial charge in [0.2, 0.25) is 5.13 Å². The van der Waals surface area contributed by atoms with Crippen molar-refractivity contribution < 1.29 is 26.7 Å². The maximum Gasteiger partial charge on any atom is 0.280 e. The van der Waals surface area contributed by atoms with E-state index in [1.165, 1.54) is 30.3 Å². The van der Waals surface area contributed by atoms with Crippen molar-refractivity contribution in [1.82, 2.24) is 25.0 Å². The molecule has 1 N–H and O–H groups in total. The number of hydrogen-bond acceptors (Lipinski definition) is 9. The second kappa shape index (κ2) is 11.1. The van der Waals surface area contributed by atoms with Crippen molar-refractivity contribution in [3.63, 3.8) is 0 Å². The van der Waals surface area contributed by atoms with Gasteiger partial charge in [0.25, 0.3) is 12.3 Å². The third kappa shape index (κ3) is 6.49. The van der Waals surface area contributed by atoms with Crippen LogP contribution < -0.4 is 10.1 Å². The molecule has 0 unspecified atom stereocenters. The van der Waals surface area contributed by atoms with Crippen LogP contribution in [0, 0.1) is 17.8 Å². The highest BCUT2D eigenvalue weighted by atomic mass is 32.2. The summed E-state index contributed by atoms with van der Waals surface area (Å²) in [5.74, 6) is 5.73. The fourth-order valence-corrected chi connectivity index (χ4v) is 5.01. The molecule has 5 rings (SSSR count). The Bertz CT molecular complexity index is 1750. The van der Waals surface area contributed by atoms with Crippen molar-refractivity contribution in [2.24, 2.45) is 5.92 Å². The minimum Gasteiger partial charge on any atom is -0.494 e. The fourth-order valence-electron chi connectivity index (χ4n) is 3.78. The average Bonchev–Trinajstić information content (AvgIpc) is 3.46. The van der Waals surface area contributed by atoms with Gasteiger partial charge in [-0.2, -0.15) is 5.10 Å². The molecule has 14 heteroatoms. The van der Waals surface area contributed by atoms with Crippen LogP contribution >= 0.6 is 11.3 Å². The Balaban J connectivity index is 1.55. The Morgan fingerprint density at radius 3 is 2.73 bits per heavy atom. The van der Waals surface area contributed by atoms with Gasteiger partial charge in [-0.25, -0.2) is 17.2 Å². The Morgan fingerprint density at radius 1 is 1.23 bits per heavy atom. The Kier molecular flexibility index (Phi) is 7.59. The highest BCUT2D eigenvalue weighted by molar-refractivity contribution is 7.89. The van der Waals surface area contributed by atoms with Crippen molar-refractivity contribution in [1.29, 1.82) is 0 Å². The minimum absolute atomic E-state index is 0.143. The first-order chi connectivity index (χ1) is 19.1. The van der Waals surface area contributed by atoms with E-state index in [4.69, 9.17) is 4.74 Å². The number of carbonyl (C=O) groups is 1. The van der Waals surface area contributed by atoms with Gasteiger partial charge in [-0.05, 0) is 48.6 Å². The third-order valence-electron chi connectivity index (χ3n) is 5.80. The topological polar surface area (TPSA) is 129 Å². The first-order valence-corrected chi connectivity index (χ1v) is 14.8. The standard InChI is InChI=1S/C26H22F2N6O4S2/c1-38-22-13-29-21(24(27)28)12-19(22)18-11-16(20-9-10-34(33-20)14-40(2,36)37)6-7-17(18)25(35)30-26-32-31-23(39-26)8-5-15-3-4-15/h6-7,9-13,15,24H,3-4,14H2,1-2H3,(H,30,32,35). The van der Waals surface area contributed by atoms with Gasteiger partial charge in [0.05, 0.1) is 19.0 Å². The fraction of sp³-hybridized carbons (Fsp3) is 0.269. The molecule has 0 aliphatic heterocycles. The van der Waals surface area contributed by atoms with Gasteiger partial charge in [0.1, 0.15) is 17.3 Å². The molecule has 1 saturated carbocycles. The molecule has 1 amide bonds. The van der Waals surface area contributed by atoms with Gasteiger partial charge in [-0.3, -0.25) is 19.8 Å². The van der Waals surface area contributed by atoms with Crippen molar-refractivity contribution >= 4 is 32.2 Å². The highest BCUT2D eigenvalue weighted by Gasteiger charge is 2.22. The monoisotopic (exact) mass is 584 g/mol. The van der Waals surface area contributed by atoms with E-state index in [2.05, 4.69) is 37.4 Å². The van der Waals surface area contributed by atoms with Crippen LogP contribution in [0.2, 0.25) is 0 Å². The molecular formula is C26H22F2N6O4S2. The first kappa shape index (κ1) is 27.4. The zero-order valence-electron chi connectivity index (χ0n) is 21.3. The number of nitrogens with zero attached hydrogens (tertiary/aromatic N) is 5. The molecule has 1 aromatic carbocycles. The molecule has 4 aromatic rings. The van der Waals surface area contributed by atoms with E-state index in [1.807, 2.05) is 0 Å². The summed E-state index contributed by atoms with van der Waals surface area (Å²) in [6, 6.07) is 7.52. The lowest BCUT2D eigenvalue weighted by atomic mass is 9.95. The maximum absolute atomic E-state index is 13.6. The number of aromatic nitrogens is 5. The van der Waals surface area contributed by atoms with E-state index in [0.717, 1.165) is 36.5 Å². The Labute approximate surface area is 232 Å². The number of nitrogens with one attached hydrogen (secondary N) is 1. The number of hydrogen-bond donors (Lipinski definition) is 1. The van der Waals surface area contributed by atoms with Gasteiger partial charge in [-0.15, -0.1) is 10.2 Å². The van der Waals surface area contributed by atoms with E-state index >= 15 is 0 Å². The number of halogens is 2. The van der Waals surface area contributed by atoms with Crippen LogP contribution in [0.1, 0.15) is 40.3 Å². The van der Waals surface area contributed by atoms with Crippen molar-refractivity contribution in [2.45, 2.75) is 25.1 Å². The second-order valence-corrected chi connectivity index (χ2v) is 12.2. The molecular weight excluding hydrogens is 562 g/mol. The van der Waals surface area contributed by atoms with Crippen LogP contribution in [0.25, 0.3) is 22.4 Å². The largest absolute Gasteiger partial charge is 0.494 e. The predicted molar refractivity (Wildman–Crippen MR) is 145 cm³/mol. The number of rotatable bonds is 8. The Morgan fingerprint density at radius 2 is 2.02 bits per heavy atom. The first-order valence-electron chi connectivity index (χ1n) is 11.9. The third-order valence-corrected chi connectivity index (χ3v) is 7.28. The summed E-state index contributed by atoms with van der Waals surface area (Å²) >= 11 is 1.13. The van der Waals surface area contributed by atoms with E-state index in [-0.39, 0.29) is 33.4 Å². The quantitative estimate of drug-likeness (QED) is 0.301. The molecule has 3 aromatic heterocycles. The van der Waals surface area contributed by atoms with E-state index in [9.17, 15) is 22.0 Å². The lowest BCUT2D eigenvalue weighted by molar-refractivity contribution is 0.102. The number of pyridine rings is 1. The smallest absolute Gasteiger partial charge is 0.280 e. The molecule has 0 radical (unpaired) electrons. The summed E-state index contributed by atoms with van der Waals surface area (Å²) in [4.78, 5) is 17.2. The van der Waals surface area contributed by atoms with Gasteiger partial charge >= 0.3 is 0 Å². The van der Waals surface area contributed by atoms with E-state index in [1.54, 1.807) is 18.2 Å². The summed E-state index contributed by atoms with van der Waals surface area (Å²) in [7, 11) is -1.97. The van der Waals surface area contributed by atoms with Gasteiger partial charge in [-0.1, -0.05) is 23.3 Å². The molecule has 10 nitrogen and oxygen atoms in total. The molecule has 0 saturated heterocycles. The lowest BCUT2D eigenvalue weighted by Crippen LogP contribution is -2.13. The number of methoxy groups -OCH3 is 1. The molecule has 206 valence electrons. The van der Waals surface area contributed by atoms with Gasteiger partial charge in [0, 0.05) is 35.1 Å². The number of amides is 1. The van der Waals surface area contributed by atoms with Crippen LogP contribution in [-0.4, -0.2) is 52.7 Å². The minimum atomic E-state index is -3.34. The predicted octanol–water partition coefficient (Wildman–Crippen LogP) is 4.43. The van der Waals surface area contributed by atoms with Crippen LogP contribution in [0.3, 0.4) is 0 Å². The zero-order chi connectivity index (χ0) is 28.4. The normalized spacial score (nSPS) is 13.1. The molecule has 0 atom stereocenters. The maximum atomic E-state index is 13.6. The number of sulfone groups is 1. The van der Waals surface area contributed by atoms with E-state index < -0.39 is 27.9 Å². The number of benzene rings is 1. The van der Waals surface area contributed by atoms with Crippen LogP contribution in [0.4, 0.5) is 13.9 Å². The summed E-state index contributed by atoms with van der Waals surface area (Å²) in [6.07, 6.45) is 3.06. The van der Waals surface area contributed by atoms with Crippen molar-refractivity contribution in [2.75, 3.05) is 18.7 Å². The Hall–Kier alpha value is -4.22. The molecule has 1 fully saturated rings. The van der Waals surface area contributed by atoms with Crippen LogP contribution in [-0.2, 0) is 15.7 Å². The zero-order valence-corrected chi connectivity index (χ0v) is 22.9. The van der Waals surface area contributed by atoms with Crippen molar-refractivity contribution in [3.8, 4) is 40.0 Å². The van der Waals surface area contributed by atoms with Gasteiger partial charge < -0.3 is 4.74 Å². The molecule has 3 heterocycles. The highest BCUT2D eigenvalue weighted by Crippen LogP contribution is 2.37. The summed E-state index contributed by atoms with van der Waals surface area (Å²) in [5, 5.41) is 15.7. The van der Waals surface area contributed by atoms with Crippen molar-refractivity contribution in [3.05, 3.63) is 59.0 Å². The van der Waals surface area contributed by atoms with E-state index in [0.29, 0.717) is 22.2 Å². The number of anilines is 1. The molecule has 1 aliphatic rings. The van der Waals surface area contributed by atoms with Crippen LogP contribution in [0.5, 0.6) is 5.75 Å². The number of ether oxygens (including phenoxy) is 1.